The number of hydrogen-bond acceptors (Lipinski definition) is 3. The van der Waals surface area contributed by atoms with Crippen molar-refractivity contribution in [1.82, 2.24) is 5.32 Å². The number of carbonyl (C=O) groups is 1. The highest BCUT2D eigenvalue weighted by molar-refractivity contribution is 5.89. The standard InChI is InChI=1S/C13H20N2O3/c1-3-8-18-9-7-14-13(16)15-11-5-4-6-12(10-11)17-2/h4-6,10H,3,7-9H2,1-2H3,(H2,14,15,16). The van der Waals surface area contributed by atoms with Gasteiger partial charge in [-0.05, 0) is 18.6 Å². The van der Waals surface area contributed by atoms with Gasteiger partial charge in [-0.2, -0.15) is 0 Å². The molecule has 0 aliphatic heterocycles. The molecule has 18 heavy (non-hydrogen) atoms. The SMILES string of the molecule is CCCOCCNC(=O)Nc1cccc(OC)c1. The lowest BCUT2D eigenvalue weighted by molar-refractivity contribution is 0.137. The highest BCUT2D eigenvalue weighted by atomic mass is 16.5. The normalized spacial score (nSPS) is 9.89. The van der Waals surface area contributed by atoms with E-state index in [0.29, 0.717) is 24.6 Å². The minimum absolute atomic E-state index is 0.247. The number of methoxy groups -OCH3 is 1. The lowest BCUT2D eigenvalue weighted by Gasteiger charge is -2.08. The zero-order valence-electron chi connectivity index (χ0n) is 10.9. The Morgan fingerprint density at radius 3 is 2.89 bits per heavy atom. The van der Waals surface area contributed by atoms with E-state index >= 15 is 0 Å². The number of hydrogen-bond donors (Lipinski definition) is 2. The van der Waals surface area contributed by atoms with E-state index in [1.165, 1.54) is 0 Å². The van der Waals surface area contributed by atoms with Crippen molar-refractivity contribution in [1.29, 1.82) is 0 Å². The Morgan fingerprint density at radius 1 is 1.33 bits per heavy atom. The Morgan fingerprint density at radius 2 is 2.17 bits per heavy atom. The quantitative estimate of drug-likeness (QED) is 0.732. The zero-order valence-corrected chi connectivity index (χ0v) is 10.9. The number of anilines is 1. The highest BCUT2D eigenvalue weighted by Gasteiger charge is 2.01. The Hall–Kier alpha value is -1.75. The molecule has 1 aromatic rings. The Kier molecular flexibility index (Phi) is 6.64. The molecule has 0 aliphatic rings. The summed E-state index contributed by atoms with van der Waals surface area (Å²) >= 11 is 0. The molecule has 0 saturated carbocycles. The van der Waals surface area contributed by atoms with Crippen molar-refractivity contribution in [3.8, 4) is 5.75 Å². The molecule has 0 atom stereocenters. The molecule has 5 nitrogen and oxygen atoms in total. The van der Waals surface area contributed by atoms with Gasteiger partial charge in [-0.3, -0.25) is 0 Å². The fourth-order valence-electron chi connectivity index (χ4n) is 1.36. The first-order valence-electron chi connectivity index (χ1n) is 6.03. The van der Waals surface area contributed by atoms with Crippen molar-refractivity contribution in [3.63, 3.8) is 0 Å². The van der Waals surface area contributed by atoms with Gasteiger partial charge in [0, 0.05) is 24.9 Å². The number of rotatable bonds is 7. The van der Waals surface area contributed by atoms with Crippen LogP contribution >= 0.6 is 0 Å². The lowest BCUT2D eigenvalue weighted by Crippen LogP contribution is -2.31. The van der Waals surface area contributed by atoms with Gasteiger partial charge >= 0.3 is 6.03 Å². The minimum atomic E-state index is -0.247. The third-order valence-corrected chi connectivity index (χ3v) is 2.21. The van der Waals surface area contributed by atoms with Crippen LogP contribution in [0.5, 0.6) is 5.75 Å². The first-order valence-corrected chi connectivity index (χ1v) is 6.03. The monoisotopic (exact) mass is 252 g/mol. The van der Waals surface area contributed by atoms with Crippen LogP contribution in [0, 0.1) is 0 Å². The molecule has 0 fully saturated rings. The van der Waals surface area contributed by atoms with Crippen LogP contribution in [-0.4, -0.2) is 32.9 Å². The van der Waals surface area contributed by atoms with E-state index in [1.807, 2.05) is 19.1 Å². The predicted molar refractivity (Wildman–Crippen MR) is 71.1 cm³/mol. The van der Waals surface area contributed by atoms with Gasteiger partial charge in [0.15, 0.2) is 0 Å². The maximum Gasteiger partial charge on any atom is 0.319 e. The second-order valence-corrected chi connectivity index (χ2v) is 3.73. The van der Waals surface area contributed by atoms with E-state index in [0.717, 1.165) is 13.0 Å². The van der Waals surface area contributed by atoms with Gasteiger partial charge in [0.2, 0.25) is 0 Å². The van der Waals surface area contributed by atoms with Crippen LogP contribution < -0.4 is 15.4 Å². The van der Waals surface area contributed by atoms with Gasteiger partial charge < -0.3 is 20.1 Å². The maximum absolute atomic E-state index is 11.5. The molecule has 0 aromatic heterocycles. The first kappa shape index (κ1) is 14.3. The molecule has 0 radical (unpaired) electrons. The Balaban J connectivity index is 2.26. The van der Waals surface area contributed by atoms with Gasteiger partial charge in [-0.15, -0.1) is 0 Å². The topological polar surface area (TPSA) is 59.6 Å². The van der Waals surface area contributed by atoms with Gasteiger partial charge in [0.1, 0.15) is 5.75 Å². The van der Waals surface area contributed by atoms with Gasteiger partial charge in [-0.25, -0.2) is 4.79 Å². The molecular weight excluding hydrogens is 232 g/mol. The van der Waals surface area contributed by atoms with Crippen LogP contribution in [0.1, 0.15) is 13.3 Å². The summed E-state index contributed by atoms with van der Waals surface area (Å²) in [4.78, 5) is 11.5. The molecule has 0 spiro atoms. The van der Waals surface area contributed by atoms with Crippen LogP contribution in [0.25, 0.3) is 0 Å². The zero-order chi connectivity index (χ0) is 13.2. The maximum atomic E-state index is 11.5. The molecule has 2 amide bonds. The summed E-state index contributed by atoms with van der Waals surface area (Å²) in [5, 5.41) is 5.43. The number of carbonyl (C=O) groups excluding carboxylic acids is 1. The summed E-state index contributed by atoms with van der Waals surface area (Å²) in [6.45, 7) is 3.79. The Labute approximate surface area is 107 Å². The van der Waals surface area contributed by atoms with Crippen molar-refractivity contribution in [2.75, 3.05) is 32.2 Å². The smallest absolute Gasteiger partial charge is 0.319 e. The molecule has 1 rings (SSSR count). The van der Waals surface area contributed by atoms with Crippen molar-refractivity contribution in [2.24, 2.45) is 0 Å². The first-order chi connectivity index (χ1) is 8.76. The fraction of sp³-hybridized carbons (Fsp3) is 0.462. The molecule has 2 N–H and O–H groups in total. The van der Waals surface area contributed by atoms with Crippen LogP contribution in [-0.2, 0) is 4.74 Å². The second kappa shape index (κ2) is 8.36. The van der Waals surface area contributed by atoms with E-state index in [1.54, 1.807) is 19.2 Å². The van der Waals surface area contributed by atoms with Crippen molar-refractivity contribution in [2.45, 2.75) is 13.3 Å². The summed E-state index contributed by atoms with van der Waals surface area (Å²) in [6, 6.07) is 6.95. The van der Waals surface area contributed by atoms with Gasteiger partial charge in [-0.1, -0.05) is 13.0 Å². The molecule has 0 bridgehead atoms. The predicted octanol–water partition coefficient (Wildman–Crippen LogP) is 2.24. The molecule has 5 heteroatoms. The van der Waals surface area contributed by atoms with Crippen LogP contribution in [0.4, 0.5) is 10.5 Å². The number of urea groups is 1. The molecule has 0 aliphatic carbocycles. The van der Waals surface area contributed by atoms with Gasteiger partial charge in [0.25, 0.3) is 0 Å². The summed E-state index contributed by atoms with van der Waals surface area (Å²) in [5.74, 6) is 0.707. The number of amides is 2. The number of benzene rings is 1. The molecule has 0 saturated heterocycles. The van der Waals surface area contributed by atoms with E-state index in [9.17, 15) is 4.79 Å². The largest absolute Gasteiger partial charge is 0.497 e. The Bertz CT molecular complexity index is 369. The highest BCUT2D eigenvalue weighted by Crippen LogP contribution is 2.16. The van der Waals surface area contributed by atoms with E-state index < -0.39 is 0 Å². The van der Waals surface area contributed by atoms with Crippen molar-refractivity contribution < 1.29 is 14.3 Å². The molecule has 0 heterocycles. The average molecular weight is 252 g/mol. The molecular formula is C13H20N2O3. The van der Waals surface area contributed by atoms with Crippen molar-refractivity contribution >= 4 is 11.7 Å². The van der Waals surface area contributed by atoms with Crippen LogP contribution in [0.15, 0.2) is 24.3 Å². The number of ether oxygens (including phenoxy) is 2. The van der Waals surface area contributed by atoms with Gasteiger partial charge in [0.05, 0.1) is 13.7 Å². The number of nitrogens with one attached hydrogen (secondary N) is 2. The van der Waals surface area contributed by atoms with E-state index in [-0.39, 0.29) is 6.03 Å². The molecule has 1 aromatic carbocycles. The lowest BCUT2D eigenvalue weighted by atomic mass is 10.3. The fourth-order valence-corrected chi connectivity index (χ4v) is 1.36. The molecule has 100 valence electrons. The van der Waals surface area contributed by atoms with E-state index in [4.69, 9.17) is 9.47 Å². The third-order valence-electron chi connectivity index (χ3n) is 2.21. The van der Waals surface area contributed by atoms with Crippen molar-refractivity contribution in [3.05, 3.63) is 24.3 Å². The summed E-state index contributed by atoms with van der Waals surface area (Å²) in [7, 11) is 1.59. The summed E-state index contributed by atoms with van der Waals surface area (Å²) < 4.78 is 10.3. The average Bonchev–Trinajstić information content (AvgIpc) is 2.38. The second-order valence-electron chi connectivity index (χ2n) is 3.73. The summed E-state index contributed by atoms with van der Waals surface area (Å²) in [5.41, 5.74) is 0.696. The van der Waals surface area contributed by atoms with Crippen LogP contribution in [0.3, 0.4) is 0 Å². The minimum Gasteiger partial charge on any atom is -0.497 e. The van der Waals surface area contributed by atoms with Crippen LogP contribution in [0.2, 0.25) is 0 Å². The molecule has 0 unspecified atom stereocenters. The van der Waals surface area contributed by atoms with E-state index in [2.05, 4.69) is 10.6 Å². The summed E-state index contributed by atoms with van der Waals surface area (Å²) in [6.07, 6.45) is 0.982. The third kappa shape index (κ3) is 5.54.